The smallest absolute Gasteiger partial charge is 0.338 e. The lowest BCUT2D eigenvalue weighted by Crippen LogP contribution is -2.49. The van der Waals surface area contributed by atoms with Gasteiger partial charge in [-0.3, -0.25) is 19.1 Å². The summed E-state index contributed by atoms with van der Waals surface area (Å²) in [6, 6.07) is -0.516. The molecule has 9 heteroatoms. The molecule has 3 rings (SSSR count). The SMILES string of the molecule is CCn1cc(CN2CCN(C(=O)C(C)n3cc(C(=O)O)cn3)CC2)cn1. The number of carbonyl (C=O) groups excluding carboxylic acids is 1. The average molecular weight is 360 g/mol. The lowest BCUT2D eigenvalue weighted by Gasteiger charge is -2.35. The minimum Gasteiger partial charge on any atom is -0.478 e. The van der Waals surface area contributed by atoms with E-state index in [9.17, 15) is 9.59 Å². The molecule has 1 aliphatic rings. The van der Waals surface area contributed by atoms with Gasteiger partial charge in [0.1, 0.15) is 6.04 Å². The predicted molar refractivity (Wildman–Crippen MR) is 93.7 cm³/mol. The third kappa shape index (κ3) is 3.93. The molecule has 1 N–H and O–H groups in total. The second-order valence-corrected chi connectivity index (χ2v) is 6.50. The van der Waals surface area contributed by atoms with Gasteiger partial charge in [-0.15, -0.1) is 0 Å². The van der Waals surface area contributed by atoms with Crippen LogP contribution in [0.5, 0.6) is 0 Å². The molecule has 0 saturated carbocycles. The average Bonchev–Trinajstić information content (AvgIpc) is 3.30. The number of hydrogen-bond donors (Lipinski definition) is 1. The van der Waals surface area contributed by atoms with Crippen molar-refractivity contribution in [1.29, 1.82) is 0 Å². The first kappa shape index (κ1) is 18.1. The number of carbonyl (C=O) groups is 2. The van der Waals surface area contributed by atoms with Crippen molar-refractivity contribution in [2.75, 3.05) is 26.2 Å². The number of aryl methyl sites for hydroxylation is 1. The van der Waals surface area contributed by atoms with Crippen LogP contribution in [0, 0.1) is 0 Å². The molecule has 0 bridgehead atoms. The largest absolute Gasteiger partial charge is 0.478 e. The minimum absolute atomic E-state index is 0.0384. The van der Waals surface area contributed by atoms with Crippen LogP contribution in [-0.2, 0) is 17.9 Å². The van der Waals surface area contributed by atoms with E-state index >= 15 is 0 Å². The molecule has 0 radical (unpaired) electrons. The monoisotopic (exact) mass is 360 g/mol. The lowest BCUT2D eigenvalue weighted by molar-refractivity contribution is -0.136. The molecule has 2 aromatic rings. The van der Waals surface area contributed by atoms with Gasteiger partial charge in [-0.1, -0.05) is 0 Å². The number of carboxylic acid groups (broad SMARTS) is 1. The Bertz CT molecular complexity index is 775. The van der Waals surface area contributed by atoms with Crippen molar-refractivity contribution >= 4 is 11.9 Å². The second-order valence-electron chi connectivity index (χ2n) is 6.50. The summed E-state index contributed by atoms with van der Waals surface area (Å²) in [6.45, 7) is 8.39. The molecule has 1 amide bonds. The quantitative estimate of drug-likeness (QED) is 0.815. The molecule has 3 heterocycles. The van der Waals surface area contributed by atoms with Crippen LogP contribution in [0.2, 0.25) is 0 Å². The van der Waals surface area contributed by atoms with Gasteiger partial charge >= 0.3 is 5.97 Å². The highest BCUT2D eigenvalue weighted by Gasteiger charge is 2.26. The zero-order chi connectivity index (χ0) is 18.7. The van der Waals surface area contributed by atoms with Crippen LogP contribution in [0.4, 0.5) is 0 Å². The number of aromatic carboxylic acids is 1. The predicted octanol–water partition coefficient (Wildman–Crippen LogP) is 0.703. The van der Waals surface area contributed by atoms with Crippen molar-refractivity contribution < 1.29 is 14.7 Å². The van der Waals surface area contributed by atoms with Gasteiger partial charge in [0.15, 0.2) is 0 Å². The van der Waals surface area contributed by atoms with Gasteiger partial charge in [0.2, 0.25) is 5.91 Å². The standard InChI is InChI=1S/C17H24N6O3/c1-3-22-11-14(8-18-22)10-20-4-6-21(7-5-20)16(24)13(2)23-12-15(9-19-23)17(25)26/h8-9,11-13H,3-7,10H2,1-2H3,(H,25,26). The van der Waals surface area contributed by atoms with Gasteiger partial charge < -0.3 is 10.0 Å². The van der Waals surface area contributed by atoms with E-state index in [0.29, 0.717) is 13.1 Å². The number of hydrogen-bond acceptors (Lipinski definition) is 5. The zero-order valence-corrected chi connectivity index (χ0v) is 15.1. The van der Waals surface area contributed by atoms with Crippen LogP contribution < -0.4 is 0 Å². The number of rotatable bonds is 6. The fourth-order valence-electron chi connectivity index (χ4n) is 3.08. The summed E-state index contributed by atoms with van der Waals surface area (Å²) in [4.78, 5) is 27.8. The highest BCUT2D eigenvalue weighted by molar-refractivity contribution is 5.87. The first-order valence-electron chi connectivity index (χ1n) is 8.78. The van der Waals surface area contributed by atoms with Gasteiger partial charge in [0.25, 0.3) is 0 Å². The third-order valence-electron chi connectivity index (χ3n) is 4.70. The molecular formula is C17H24N6O3. The normalized spacial score (nSPS) is 16.6. The van der Waals surface area contributed by atoms with Crippen molar-refractivity contribution in [3.8, 4) is 0 Å². The zero-order valence-electron chi connectivity index (χ0n) is 15.1. The topological polar surface area (TPSA) is 96.5 Å². The van der Waals surface area contributed by atoms with E-state index < -0.39 is 12.0 Å². The van der Waals surface area contributed by atoms with Crippen LogP contribution in [0.3, 0.4) is 0 Å². The fraction of sp³-hybridized carbons (Fsp3) is 0.529. The van der Waals surface area contributed by atoms with Crippen LogP contribution in [0.1, 0.15) is 35.8 Å². The summed E-state index contributed by atoms with van der Waals surface area (Å²) in [5.41, 5.74) is 1.26. The summed E-state index contributed by atoms with van der Waals surface area (Å²) in [6.07, 6.45) is 6.60. The lowest BCUT2D eigenvalue weighted by atomic mass is 10.2. The van der Waals surface area contributed by atoms with E-state index in [1.807, 2.05) is 15.8 Å². The van der Waals surface area contributed by atoms with E-state index in [4.69, 9.17) is 5.11 Å². The van der Waals surface area contributed by atoms with E-state index in [2.05, 4.69) is 28.2 Å². The summed E-state index contributed by atoms with van der Waals surface area (Å²) in [5, 5.41) is 17.3. The molecule has 1 fully saturated rings. The van der Waals surface area contributed by atoms with Crippen LogP contribution in [0.15, 0.2) is 24.8 Å². The summed E-state index contributed by atoms with van der Waals surface area (Å²) >= 11 is 0. The third-order valence-corrected chi connectivity index (χ3v) is 4.70. The first-order chi connectivity index (χ1) is 12.5. The Morgan fingerprint density at radius 3 is 2.46 bits per heavy atom. The molecule has 140 valence electrons. The maximum absolute atomic E-state index is 12.7. The number of piperazine rings is 1. The van der Waals surface area contributed by atoms with Gasteiger partial charge in [0, 0.05) is 57.2 Å². The molecule has 1 atom stereocenters. The van der Waals surface area contributed by atoms with E-state index in [-0.39, 0.29) is 11.5 Å². The number of amides is 1. The maximum Gasteiger partial charge on any atom is 0.338 e. The Morgan fingerprint density at radius 2 is 1.88 bits per heavy atom. The Balaban J connectivity index is 1.53. The van der Waals surface area contributed by atoms with Crippen molar-refractivity contribution in [3.05, 3.63) is 35.9 Å². The Kier molecular flexibility index (Phi) is 5.36. The van der Waals surface area contributed by atoms with Crippen molar-refractivity contribution in [1.82, 2.24) is 29.4 Å². The molecule has 0 aromatic carbocycles. The molecule has 0 aliphatic carbocycles. The number of carboxylic acids is 1. The fourth-order valence-corrected chi connectivity index (χ4v) is 3.08. The second kappa shape index (κ2) is 7.69. The Hall–Kier alpha value is -2.68. The van der Waals surface area contributed by atoms with E-state index in [0.717, 1.165) is 26.2 Å². The summed E-state index contributed by atoms with van der Waals surface area (Å²) in [5.74, 6) is -1.08. The van der Waals surface area contributed by atoms with E-state index in [1.54, 1.807) is 6.92 Å². The van der Waals surface area contributed by atoms with Crippen molar-refractivity contribution in [3.63, 3.8) is 0 Å². The maximum atomic E-state index is 12.7. The van der Waals surface area contributed by atoms with Gasteiger partial charge in [-0.2, -0.15) is 10.2 Å². The first-order valence-corrected chi connectivity index (χ1v) is 8.78. The Morgan fingerprint density at radius 1 is 1.15 bits per heavy atom. The molecule has 26 heavy (non-hydrogen) atoms. The molecular weight excluding hydrogens is 336 g/mol. The number of nitrogens with zero attached hydrogens (tertiary/aromatic N) is 6. The van der Waals surface area contributed by atoms with Gasteiger partial charge in [-0.25, -0.2) is 4.79 Å². The summed E-state index contributed by atoms with van der Waals surface area (Å²) < 4.78 is 3.32. The molecule has 0 spiro atoms. The highest BCUT2D eigenvalue weighted by atomic mass is 16.4. The van der Waals surface area contributed by atoms with Crippen LogP contribution >= 0.6 is 0 Å². The summed E-state index contributed by atoms with van der Waals surface area (Å²) in [7, 11) is 0. The molecule has 2 aromatic heterocycles. The highest BCUT2D eigenvalue weighted by Crippen LogP contribution is 2.14. The molecule has 1 aliphatic heterocycles. The molecule has 1 unspecified atom stereocenters. The molecule has 9 nitrogen and oxygen atoms in total. The van der Waals surface area contributed by atoms with Crippen molar-refractivity contribution in [2.45, 2.75) is 33.0 Å². The minimum atomic E-state index is -1.05. The van der Waals surface area contributed by atoms with Crippen molar-refractivity contribution in [2.24, 2.45) is 0 Å². The van der Waals surface area contributed by atoms with Crippen LogP contribution in [-0.4, -0.2) is 72.5 Å². The van der Waals surface area contributed by atoms with Crippen LogP contribution in [0.25, 0.3) is 0 Å². The number of aromatic nitrogens is 4. The Labute approximate surface area is 151 Å². The molecule has 1 saturated heterocycles. The van der Waals surface area contributed by atoms with Gasteiger partial charge in [0.05, 0.1) is 18.0 Å². The van der Waals surface area contributed by atoms with E-state index in [1.165, 1.54) is 22.6 Å². The van der Waals surface area contributed by atoms with Gasteiger partial charge in [-0.05, 0) is 13.8 Å².